The molecule has 0 aromatic heterocycles. The Hall–Kier alpha value is -2.00. The average molecular weight is 295 g/mol. The standard InChI is InChI=1S/C18H17NOS/c1-12(2)14-9-7-13(8-10-14)11-17-18(20)19-15-5-3-4-6-16(15)21-17/h3-12H,1-2H3,(H,19,20)/b17-11+. The number of carbonyl (C=O) groups excluding carboxylic acids is 1. The molecule has 0 atom stereocenters. The summed E-state index contributed by atoms with van der Waals surface area (Å²) in [6, 6.07) is 16.2. The van der Waals surface area contributed by atoms with Gasteiger partial charge >= 0.3 is 0 Å². The molecule has 2 aromatic carbocycles. The van der Waals surface area contributed by atoms with E-state index in [0.717, 1.165) is 21.1 Å². The fourth-order valence-corrected chi connectivity index (χ4v) is 3.18. The molecule has 2 aromatic rings. The molecule has 1 aliphatic rings. The number of thioether (sulfide) groups is 1. The fraction of sp³-hybridized carbons (Fsp3) is 0.167. The Morgan fingerprint density at radius 3 is 2.48 bits per heavy atom. The maximum Gasteiger partial charge on any atom is 0.262 e. The first-order valence-electron chi connectivity index (χ1n) is 7.03. The lowest BCUT2D eigenvalue weighted by molar-refractivity contribution is -0.112. The second-order valence-electron chi connectivity index (χ2n) is 5.38. The minimum absolute atomic E-state index is 0.0355. The van der Waals surface area contributed by atoms with Gasteiger partial charge in [0.25, 0.3) is 5.91 Å². The molecule has 1 heterocycles. The molecule has 1 aliphatic heterocycles. The minimum atomic E-state index is -0.0355. The van der Waals surface area contributed by atoms with Gasteiger partial charge in [-0.05, 0) is 35.3 Å². The maximum absolute atomic E-state index is 12.1. The van der Waals surface area contributed by atoms with Gasteiger partial charge in [-0.3, -0.25) is 4.79 Å². The van der Waals surface area contributed by atoms with Crippen molar-refractivity contribution in [2.24, 2.45) is 0 Å². The van der Waals surface area contributed by atoms with Gasteiger partial charge in [-0.2, -0.15) is 0 Å². The number of hydrogen-bond donors (Lipinski definition) is 1. The van der Waals surface area contributed by atoms with E-state index in [1.807, 2.05) is 30.3 Å². The number of fused-ring (bicyclic) bond motifs is 1. The summed E-state index contributed by atoms with van der Waals surface area (Å²) in [5, 5.41) is 2.93. The molecule has 2 nitrogen and oxygen atoms in total. The Bertz CT molecular complexity index is 701. The van der Waals surface area contributed by atoms with Gasteiger partial charge in [-0.15, -0.1) is 0 Å². The summed E-state index contributed by atoms with van der Waals surface area (Å²) in [5.41, 5.74) is 3.25. The number of amides is 1. The molecule has 0 spiro atoms. The van der Waals surface area contributed by atoms with Crippen molar-refractivity contribution in [3.63, 3.8) is 0 Å². The molecule has 1 amide bonds. The zero-order chi connectivity index (χ0) is 14.8. The molecule has 1 N–H and O–H groups in total. The van der Waals surface area contributed by atoms with E-state index >= 15 is 0 Å². The van der Waals surface area contributed by atoms with Crippen molar-refractivity contribution in [1.82, 2.24) is 0 Å². The molecule has 0 saturated heterocycles. The first-order valence-corrected chi connectivity index (χ1v) is 7.85. The van der Waals surface area contributed by atoms with Crippen molar-refractivity contribution in [3.05, 3.63) is 64.6 Å². The van der Waals surface area contributed by atoms with Crippen molar-refractivity contribution in [3.8, 4) is 0 Å². The first-order chi connectivity index (χ1) is 10.1. The Kier molecular flexibility index (Phi) is 3.84. The number of para-hydroxylation sites is 1. The van der Waals surface area contributed by atoms with E-state index in [-0.39, 0.29) is 5.91 Å². The molecule has 0 unspecified atom stereocenters. The van der Waals surface area contributed by atoms with E-state index in [1.54, 1.807) is 0 Å². The van der Waals surface area contributed by atoms with E-state index in [1.165, 1.54) is 17.3 Å². The lowest BCUT2D eigenvalue weighted by atomic mass is 10.0. The summed E-state index contributed by atoms with van der Waals surface area (Å²) in [5.74, 6) is 0.484. The Balaban J connectivity index is 1.88. The molecule has 0 bridgehead atoms. The Labute approximate surface area is 129 Å². The second-order valence-corrected chi connectivity index (χ2v) is 6.47. The zero-order valence-electron chi connectivity index (χ0n) is 12.1. The smallest absolute Gasteiger partial charge is 0.262 e. The Morgan fingerprint density at radius 1 is 1.05 bits per heavy atom. The van der Waals surface area contributed by atoms with E-state index in [9.17, 15) is 4.79 Å². The van der Waals surface area contributed by atoms with Gasteiger partial charge < -0.3 is 5.32 Å². The second kappa shape index (κ2) is 5.78. The normalized spacial score (nSPS) is 16.0. The van der Waals surface area contributed by atoms with Gasteiger partial charge in [-0.25, -0.2) is 0 Å². The third-order valence-corrected chi connectivity index (χ3v) is 4.58. The van der Waals surface area contributed by atoms with Crippen LogP contribution in [0.5, 0.6) is 0 Å². The molecule has 21 heavy (non-hydrogen) atoms. The van der Waals surface area contributed by atoms with Crippen LogP contribution in [0.2, 0.25) is 0 Å². The highest BCUT2D eigenvalue weighted by molar-refractivity contribution is 8.04. The molecule has 3 heteroatoms. The highest BCUT2D eigenvalue weighted by Crippen LogP contribution is 2.38. The van der Waals surface area contributed by atoms with Crippen molar-refractivity contribution in [1.29, 1.82) is 0 Å². The molecule has 3 rings (SSSR count). The number of carbonyl (C=O) groups is 1. The molecular formula is C18H17NOS. The molecule has 0 radical (unpaired) electrons. The maximum atomic E-state index is 12.1. The molecule has 0 fully saturated rings. The number of benzene rings is 2. The number of rotatable bonds is 2. The topological polar surface area (TPSA) is 29.1 Å². The SMILES string of the molecule is CC(C)c1ccc(/C=C2/Sc3ccccc3NC2=O)cc1. The number of hydrogen-bond acceptors (Lipinski definition) is 2. The van der Waals surface area contributed by atoms with Gasteiger partial charge in [0.05, 0.1) is 10.6 Å². The summed E-state index contributed by atoms with van der Waals surface area (Å²) in [4.78, 5) is 13.9. The van der Waals surface area contributed by atoms with Crippen LogP contribution in [0, 0.1) is 0 Å². The van der Waals surface area contributed by atoms with Crippen LogP contribution in [0.4, 0.5) is 5.69 Å². The highest BCUT2D eigenvalue weighted by atomic mass is 32.2. The third-order valence-electron chi connectivity index (χ3n) is 3.48. The minimum Gasteiger partial charge on any atom is -0.320 e. The summed E-state index contributed by atoms with van der Waals surface area (Å²) in [6.45, 7) is 4.35. The van der Waals surface area contributed by atoms with E-state index < -0.39 is 0 Å². The predicted octanol–water partition coefficient (Wildman–Crippen LogP) is 4.90. The van der Waals surface area contributed by atoms with Gasteiger partial charge in [0.15, 0.2) is 0 Å². The summed E-state index contributed by atoms with van der Waals surface area (Å²) in [6.07, 6.45) is 1.94. The van der Waals surface area contributed by atoms with Crippen molar-refractivity contribution < 1.29 is 4.79 Å². The summed E-state index contributed by atoms with van der Waals surface area (Å²) in [7, 11) is 0. The molecule has 106 valence electrons. The fourth-order valence-electron chi connectivity index (χ4n) is 2.23. The van der Waals surface area contributed by atoms with Crippen LogP contribution in [-0.4, -0.2) is 5.91 Å². The lowest BCUT2D eigenvalue weighted by Gasteiger charge is -2.18. The van der Waals surface area contributed by atoms with Crippen LogP contribution < -0.4 is 5.32 Å². The van der Waals surface area contributed by atoms with Crippen LogP contribution in [0.25, 0.3) is 6.08 Å². The van der Waals surface area contributed by atoms with Gasteiger partial charge in [0.1, 0.15) is 0 Å². The van der Waals surface area contributed by atoms with Crippen LogP contribution >= 0.6 is 11.8 Å². The molecule has 0 saturated carbocycles. The van der Waals surface area contributed by atoms with Crippen molar-refractivity contribution >= 4 is 29.4 Å². The zero-order valence-corrected chi connectivity index (χ0v) is 12.9. The van der Waals surface area contributed by atoms with E-state index in [2.05, 4.69) is 43.4 Å². The largest absolute Gasteiger partial charge is 0.320 e. The van der Waals surface area contributed by atoms with Crippen LogP contribution in [0.15, 0.2) is 58.3 Å². The molecule has 0 aliphatic carbocycles. The Morgan fingerprint density at radius 2 is 1.76 bits per heavy atom. The monoisotopic (exact) mass is 295 g/mol. The van der Waals surface area contributed by atoms with Gasteiger partial charge in [-0.1, -0.05) is 62.0 Å². The van der Waals surface area contributed by atoms with Gasteiger partial charge in [0.2, 0.25) is 0 Å². The predicted molar refractivity (Wildman–Crippen MR) is 89.4 cm³/mol. The van der Waals surface area contributed by atoms with E-state index in [4.69, 9.17) is 0 Å². The number of anilines is 1. The van der Waals surface area contributed by atoms with Crippen LogP contribution in [0.3, 0.4) is 0 Å². The van der Waals surface area contributed by atoms with Crippen molar-refractivity contribution in [2.45, 2.75) is 24.7 Å². The summed E-state index contributed by atoms with van der Waals surface area (Å²) >= 11 is 1.52. The van der Waals surface area contributed by atoms with Gasteiger partial charge in [0, 0.05) is 4.90 Å². The quantitative estimate of drug-likeness (QED) is 0.799. The third kappa shape index (κ3) is 3.03. The van der Waals surface area contributed by atoms with Crippen LogP contribution in [0.1, 0.15) is 30.9 Å². The highest BCUT2D eigenvalue weighted by Gasteiger charge is 2.20. The van der Waals surface area contributed by atoms with E-state index in [0.29, 0.717) is 5.92 Å². The molecular weight excluding hydrogens is 278 g/mol. The van der Waals surface area contributed by atoms with Crippen molar-refractivity contribution in [2.75, 3.05) is 5.32 Å². The lowest BCUT2D eigenvalue weighted by Crippen LogP contribution is -2.17. The number of nitrogens with one attached hydrogen (secondary N) is 1. The first kappa shape index (κ1) is 14.0. The van der Waals surface area contributed by atoms with Crippen LogP contribution in [-0.2, 0) is 4.79 Å². The summed E-state index contributed by atoms with van der Waals surface area (Å²) < 4.78 is 0. The average Bonchev–Trinajstić information content (AvgIpc) is 2.48.